The smallest absolute Gasteiger partial charge is 0.221 e. The lowest BCUT2D eigenvalue weighted by Crippen LogP contribution is -2.37. The maximum Gasteiger partial charge on any atom is 0.221 e. The highest BCUT2D eigenvalue weighted by atomic mass is 16.5. The third kappa shape index (κ3) is 7.97. The van der Waals surface area contributed by atoms with Crippen molar-refractivity contribution in [3.8, 4) is 0 Å². The number of allylic oxidation sites excluding steroid dienone is 2. The van der Waals surface area contributed by atoms with Crippen molar-refractivity contribution >= 4 is 11.7 Å². The van der Waals surface area contributed by atoms with Crippen LogP contribution in [0, 0.1) is 5.41 Å². The van der Waals surface area contributed by atoms with E-state index < -0.39 is 5.41 Å². The summed E-state index contributed by atoms with van der Waals surface area (Å²) in [7, 11) is 0. The average Bonchev–Trinajstić information content (AvgIpc) is 2.73. The SMILES string of the molecule is CC(=O)N/C(=C(/OC[C@H](C)N(Cc1ccccc1)Cc1ccccc1)C(C)=O)C(C)(C)C. The van der Waals surface area contributed by atoms with E-state index in [1.807, 2.05) is 57.2 Å². The second-order valence-corrected chi connectivity index (χ2v) is 9.23. The van der Waals surface area contributed by atoms with Gasteiger partial charge in [-0.2, -0.15) is 0 Å². The molecule has 32 heavy (non-hydrogen) atoms. The first kappa shape index (κ1) is 25.3. The van der Waals surface area contributed by atoms with E-state index >= 15 is 0 Å². The van der Waals surface area contributed by atoms with E-state index in [9.17, 15) is 9.59 Å². The van der Waals surface area contributed by atoms with Gasteiger partial charge in [-0.05, 0) is 18.1 Å². The zero-order valence-electron chi connectivity index (χ0n) is 20.1. The number of amides is 1. The van der Waals surface area contributed by atoms with Gasteiger partial charge in [0.1, 0.15) is 6.61 Å². The molecule has 0 aliphatic rings. The monoisotopic (exact) mass is 436 g/mol. The normalized spacial score (nSPS) is 13.3. The minimum absolute atomic E-state index is 0.0308. The molecular weight excluding hydrogens is 400 g/mol. The number of hydrogen-bond acceptors (Lipinski definition) is 4. The largest absolute Gasteiger partial charge is 0.486 e. The summed E-state index contributed by atoms with van der Waals surface area (Å²) in [4.78, 5) is 26.5. The second kappa shape index (κ2) is 11.6. The third-order valence-corrected chi connectivity index (χ3v) is 5.15. The van der Waals surface area contributed by atoms with Gasteiger partial charge in [-0.15, -0.1) is 0 Å². The van der Waals surface area contributed by atoms with Gasteiger partial charge < -0.3 is 10.1 Å². The van der Waals surface area contributed by atoms with Crippen LogP contribution in [0.15, 0.2) is 72.1 Å². The summed E-state index contributed by atoms with van der Waals surface area (Å²) in [5.41, 5.74) is 2.50. The molecule has 2 aromatic carbocycles. The Labute approximate surface area is 192 Å². The van der Waals surface area contributed by atoms with E-state index in [1.54, 1.807) is 0 Å². The van der Waals surface area contributed by atoms with Crippen LogP contribution >= 0.6 is 0 Å². The molecule has 2 rings (SSSR count). The molecule has 5 nitrogen and oxygen atoms in total. The van der Waals surface area contributed by atoms with E-state index in [0.717, 1.165) is 13.1 Å². The Hall–Kier alpha value is -2.92. The molecule has 1 N–H and O–H groups in total. The number of ether oxygens (including phenoxy) is 1. The number of carbonyl (C=O) groups excluding carboxylic acids is 2. The van der Waals surface area contributed by atoms with Crippen molar-refractivity contribution in [2.45, 2.75) is 60.7 Å². The molecule has 1 amide bonds. The van der Waals surface area contributed by atoms with E-state index in [-0.39, 0.29) is 23.5 Å². The lowest BCUT2D eigenvalue weighted by atomic mass is 9.90. The maximum absolute atomic E-state index is 12.4. The summed E-state index contributed by atoms with van der Waals surface area (Å²) < 4.78 is 6.08. The van der Waals surface area contributed by atoms with Gasteiger partial charge in [0.2, 0.25) is 5.91 Å². The third-order valence-electron chi connectivity index (χ3n) is 5.15. The van der Waals surface area contributed by atoms with E-state index in [0.29, 0.717) is 12.3 Å². The van der Waals surface area contributed by atoms with Crippen LogP contribution in [-0.4, -0.2) is 29.2 Å². The van der Waals surface area contributed by atoms with E-state index in [1.165, 1.54) is 25.0 Å². The van der Waals surface area contributed by atoms with Gasteiger partial charge >= 0.3 is 0 Å². The molecule has 0 bridgehead atoms. The zero-order chi connectivity index (χ0) is 23.7. The van der Waals surface area contributed by atoms with Crippen LogP contribution in [0.1, 0.15) is 52.7 Å². The summed E-state index contributed by atoms with van der Waals surface area (Å²) in [6.45, 7) is 12.7. The van der Waals surface area contributed by atoms with Gasteiger partial charge in [-0.25, -0.2) is 0 Å². The number of carbonyl (C=O) groups is 2. The van der Waals surface area contributed by atoms with Gasteiger partial charge in [0, 0.05) is 38.4 Å². The summed E-state index contributed by atoms with van der Waals surface area (Å²) in [6.07, 6.45) is 0. The summed E-state index contributed by atoms with van der Waals surface area (Å²) in [6, 6.07) is 20.7. The molecule has 172 valence electrons. The Morgan fingerprint density at radius 3 is 1.75 bits per heavy atom. The van der Waals surface area contributed by atoms with Crippen molar-refractivity contribution < 1.29 is 14.3 Å². The molecule has 0 aromatic heterocycles. The number of Topliss-reactive ketones (excluding diaryl/α,β-unsaturated/α-hetero) is 1. The number of rotatable bonds is 10. The molecule has 0 aliphatic carbocycles. The number of nitrogens with zero attached hydrogens (tertiary/aromatic N) is 1. The van der Waals surface area contributed by atoms with Crippen LogP contribution in [0.2, 0.25) is 0 Å². The molecule has 0 saturated carbocycles. The number of hydrogen-bond donors (Lipinski definition) is 1. The fourth-order valence-electron chi connectivity index (χ4n) is 3.42. The lowest BCUT2D eigenvalue weighted by molar-refractivity contribution is -0.119. The topological polar surface area (TPSA) is 58.6 Å². The van der Waals surface area contributed by atoms with E-state index in [2.05, 4.69) is 41.4 Å². The standard InChI is InChI=1S/C27H36N2O3/c1-20(19-32-25(21(2)30)26(27(4,5)6)28-22(3)31)29(17-23-13-9-7-10-14-23)18-24-15-11-8-12-16-24/h7-16,20H,17-19H2,1-6H3,(H,28,31)/b26-25+/t20-/m0/s1. The maximum atomic E-state index is 12.4. The molecule has 0 fully saturated rings. The number of ketones is 1. The van der Waals surface area contributed by atoms with Crippen molar-refractivity contribution in [1.82, 2.24) is 10.2 Å². The molecule has 0 spiro atoms. The van der Waals surface area contributed by atoms with Gasteiger partial charge in [-0.3, -0.25) is 14.5 Å². The summed E-state index contributed by atoms with van der Waals surface area (Å²) in [5.74, 6) is -0.201. The first-order valence-electron chi connectivity index (χ1n) is 11.1. The Kier molecular flexibility index (Phi) is 9.21. The first-order valence-corrected chi connectivity index (χ1v) is 11.1. The van der Waals surface area contributed by atoms with Gasteiger partial charge in [0.15, 0.2) is 11.5 Å². The second-order valence-electron chi connectivity index (χ2n) is 9.23. The fraction of sp³-hybridized carbons (Fsp3) is 0.407. The molecular formula is C27H36N2O3. The van der Waals surface area contributed by atoms with Gasteiger partial charge in [0.05, 0.1) is 5.70 Å². The van der Waals surface area contributed by atoms with Crippen LogP contribution in [0.25, 0.3) is 0 Å². The van der Waals surface area contributed by atoms with Crippen LogP contribution in [-0.2, 0) is 27.4 Å². The van der Waals surface area contributed by atoms with Crippen LogP contribution in [0.5, 0.6) is 0 Å². The fourth-order valence-corrected chi connectivity index (χ4v) is 3.42. The minimum Gasteiger partial charge on any atom is -0.486 e. The molecule has 0 saturated heterocycles. The molecule has 0 unspecified atom stereocenters. The Bertz CT molecular complexity index is 873. The van der Waals surface area contributed by atoms with Gasteiger partial charge in [0.25, 0.3) is 0 Å². The predicted molar refractivity (Wildman–Crippen MR) is 129 cm³/mol. The zero-order valence-corrected chi connectivity index (χ0v) is 20.1. The highest BCUT2D eigenvalue weighted by molar-refractivity contribution is 5.93. The lowest BCUT2D eigenvalue weighted by Gasteiger charge is -2.31. The summed E-state index contributed by atoms with van der Waals surface area (Å²) in [5, 5.41) is 2.82. The van der Waals surface area contributed by atoms with Crippen LogP contribution in [0.4, 0.5) is 0 Å². The quantitative estimate of drug-likeness (QED) is 0.417. The number of benzene rings is 2. The minimum atomic E-state index is -0.441. The molecule has 0 radical (unpaired) electrons. The Balaban J connectivity index is 2.25. The predicted octanol–water partition coefficient (Wildman–Crippen LogP) is 5.08. The van der Waals surface area contributed by atoms with Crippen molar-refractivity contribution in [3.63, 3.8) is 0 Å². The van der Waals surface area contributed by atoms with Crippen molar-refractivity contribution in [2.75, 3.05) is 6.61 Å². The van der Waals surface area contributed by atoms with Gasteiger partial charge in [-0.1, -0.05) is 81.4 Å². The highest BCUT2D eigenvalue weighted by Gasteiger charge is 2.27. The number of nitrogens with one attached hydrogen (secondary N) is 1. The van der Waals surface area contributed by atoms with Crippen LogP contribution < -0.4 is 5.32 Å². The average molecular weight is 437 g/mol. The van der Waals surface area contributed by atoms with Crippen LogP contribution in [0.3, 0.4) is 0 Å². The Morgan fingerprint density at radius 2 is 1.38 bits per heavy atom. The molecule has 0 aliphatic heterocycles. The highest BCUT2D eigenvalue weighted by Crippen LogP contribution is 2.27. The molecule has 2 aromatic rings. The van der Waals surface area contributed by atoms with Crippen molar-refractivity contribution in [2.24, 2.45) is 5.41 Å². The molecule has 1 atom stereocenters. The molecule has 5 heteroatoms. The van der Waals surface area contributed by atoms with Crippen molar-refractivity contribution in [1.29, 1.82) is 0 Å². The molecule has 0 heterocycles. The summed E-state index contributed by atoms with van der Waals surface area (Å²) >= 11 is 0. The van der Waals surface area contributed by atoms with E-state index in [4.69, 9.17) is 4.74 Å². The van der Waals surface area contributed by atoms with Crippen molar-refractivity contribution in [3.05, 3.63) is 83.2 Å². The Morgan fingerprint density at radius 1 is 0.906 bits per heavy atom. The first-order chi connectivity index (χ1) is 15.1.